The molecule has 0 aromatic rings. The topological polar surface area (TPSA) is 32.3 Å². The second-order valence-corrected chi connectivity index (χ2v) is 7.88. The molecule has 2 atom stereocenters. The highest BCUT2D eigenvalue weighted by molar-refractivity contribution is 8.00. The van der Waals surface area contributed by atoms with Gasteiger partial charge in [-0.15, -0.1) is 0 Å². The van der Waals surface area contributed by atoms with Crippen LogP contribution in [-0.4, -0.2) is 47.0 Å². The highest BCUT2D eigenvalue weighted by atomic mass is 32.2. The molecule has 20 heavy (non-hydrogen) atoms. The molecule has 2 fully saturated rings. The van der Waals surface area contributed by atoms with Gasteiger partial charge in [0.2, 0.25) is 5.91 Å². The fourth-order valence-corrected chi connectivity index (χ4v) is 4.44. The molecule has 2 rings (SSSR count). The van der Waals surface area contributed by atoms with Crippen molar-refractivity contribution in [3.05, 3.63) is 0 Å². The Hall–Kier alpha value is -0.220. The third-order valence-corrected chi connectivity index (χ3v) is 6.17. The summed E-state index contributed by atoms with van der Waals surface area (Å²) in [6, 6.07) is 0.937. The first-order valence-electron chi connectivity index (χ1n) is 8.32. The van der Waals surface area contributed by atoms with Crippen molar-refractivity contribution in [2.75, 3.05) is 18.8 Å². The van der Waals surface area contributed by atoms with Gasteiger partial charge in [0, 0.05) is 29.6 Å². The molecule has 4 heteroatoms. The molecule has 116 valence electrons. The lowest BCUT2D eigenvalue weighted by Crippen LogP contribution is -2.50. The van der Waals surface area contributed by atoms with Gasteiger partial charge in [0.25, 0.3) is 0 Å². The van der Waals surface area contributed by atoms with E-state index in [1.807, 2.05) is 11.8 Å². The SMILES string of the molecule is C[C@H]1SCCN(CC(=O)NC2CCCCCCC2)[C@H]1C. The van der Waals surface area contributed by atoms with Crippen molar-refractivity contribution in [2.24, 2.45) is 0 Å². The van der Waals surface area contributed by atoms with E-state index < -0.39 is 0 Å². The monoisotopic (exact) mass is 298 g/mol. The van der Waals surface area contributed by atoms with Crippen LogP contribution in [0.4, 0.5) is 0 Å². The van der Waals surface area contributed by atoms with Crippen molar-refractivity contribution < 1.29 is 4.79 Å². The van der Waals surface area contributed by atoms with E-state index in [2.05, 4.69) is 24.1 Å². The zero-order valence-corrected chi connectivity index (χ0v) is 13.9. The highest BCUT2D eigenvalue weighted by Crippen LogP contribution is 2.24. The van der Waals surface area contributed by atoms with Gasteiger partial charge in [-0.1, -0.05) is 39.0 Å². The zero-order chi connectivity index (χ0) is 14.4. The number of carbonyl (C=O) groups excluding carboxylic acids is 1. The normalized spacial score (nSPS) is 30.5. The second-order valence-electron chi connectivity index (χ2n) is 6.40. The average Bonchev–Trinajstić information content (AvgIpc) is 2.38. The van der Waals surface area contributed by atoms with Gasteiger partial charge in [-0.05, 0) is 19.8 Å². The third-order valence-electron chi connectivity index (χ3n) is 4.83. The Morgan fingerprint density at radius 1 is 1.15 bits per heavy atom. The van der Waals surface area contributed by atoms with Gasteiger partial charge in [0.05, 0.1) is 6.54 Å². The quantitative estimate of drug-likeness (QED) is 0.869. The van der Waals surface area contributed by atoms with E-state index in [0.29, 0.717) is 23.9 Å². The van der Waals surface area contributed by atoms with Crippen LogP contribution in [0.3, 0.4) is 0 Å². The average molecular weight is 298 g/mol. The Balaban J connectivity index is 1.76. The largest absolute Gasteiger partial charge is 0.352 e. The number of hydrogen-bond acceptors (Lipinski definition) is 3. The summed E-state index contributed by atoms with van der Waals surface area (Å²) < 4.78 is 0. The minimum Gasteiger partial charge on any atom is -0.352 e. The summed E-state index contributed by atoms with van der Waals surface area (Å²) in [6.45, 7) is 6.16. The lowest BCUT2D eigenvalue weighted by Gasteiger charge is -2.37. The molecule has 1 heterocycles. The van der Waals surface area contributed by atoms with Gasteiger partial charge in [-0.3, -0.25) is 9.69 Å². The maximum Gasteiger partial charge on any atom is 0.234 e. The minimum atomic E-state index is 0.238. The summed E-state index contributed by atoms with van der Waals surface area (Å²) in [5, 5.41) is 3.92. The van der Waals surface area contributed by atoms with E-state index in [0.717, 1.165) is 12.3 Å². The van der Waals surface area contributed by atoms with Crippen molar-refractivity contribution in [3.63, 3.8) is 0 Å². The molecule has 1 saturated heterocycles. The minimum absolute atomic E-state index is 0.238. The van der Waals surface area contributed by atoms with Crippen LogP contribution in [-0.2, 0) is 4.79 Å². The van der Waals surface area contributed by atoms with Gasteiger partial charge in [-0.2, -0.15) is 11.8 Å². The summed E-state index contributed by atoms with van der Waals surface area (Å²) >= 11 is 2.02. The molecule has 3 nitrogen and oxygen atoms in total. The van der Waals surface area contributed by atoms with Crippen molar-refractivity contribution in [1.29, 1.82) is 0 Å². The van der Waals surface area contributed by atoms with Crippen molar-refractivity contribution in [1.82, 2.24) is 10.2 Å². The first-order valence-corrected chi connectivity index (χ1v) is 9.36. The Morgan fingerprint density at radius 3 is 2.50 bits per heavy atom. The van der Waals surface area contributed by atoms with E-state index in [9.17, 15) is 4.79 Å². The Labute approximate surface area is 128 Å². The first kappa shape index (κ1) is 16.2. The maximum atomic E-state index is 12.3. The molecule has 0 unspecified atom stereocenters. The van der Waals surface area contributed by atoms with Crippen LogP contribution in [0.5, 0.6) is 0 Å². The standard InChI is InChI=1S/C16H30N2OS/c1-13-14(2)20-11-10-18(13)12-16(19)17-15-8-6-4-3-5-7-9-15/h13-15H,3-12H2,1-2H3,(H,17,19)/t13-,14+/m0/s1. The van der Waals surface area contributed by atoms with E-state index in [1.54, 1.807) is 0 Å². The predicted octanol–water partition coefficient (Wildman–Crippen LogP) is 3.04. The van der Waals surface area contributed by atoms with Crippen LogP contribution < -0.4 is 5.32 Å². The van der Waals surface area contributed by atoms with Crippen LogP contribution in [0.15, 0.2) is 0 Å². The molecule has 2 aliphatic rings. The van der Waals surface area contributed by atoms with Crippen LogP contribution in [0, 0.1) is 0 Å². The fraction of sp³-hybridized carbons (Fsp3) is 0.938. The van der Waals surface area contributed by atoms with E-state index >= 15 is 0 Å². The highest BCUT2D eigenvalue weighted by Gasteiger charge is 2.27. The molecule has 0 aromatic carbocycles. The van der Waals surface area contributed by atoms with Crippen LogP contribution in [0.25, 0.3) is 0 Å². The number of thioether (sulfide) groups is 1. The zero-order valence-electron chi connectivity index (χ0n) is 13.1. The summed E-state index contributed by atoms with van der Waals surface area (Å²) in [4.78, 5) is 14.6. The molecule has 0 spiro atoms. The van der Waals surface area contributed by atoms with Crippen LogP contribution in [0.1, 0.15) is 58.8 Å². The fourth-order valence-electron chi connectivity index (χ4n) is 3.28. The molecule has 0 radical (unpaired) electrons. The van der Waals surface area contributed by atoms with Crippen LogP contribution in [0.2, 0.25) is 0 Å². The second kappa shape index (κ2) is 8.28. The number of rotatable bonds is 3. The lowest BCUT2D eigenvalue weighted by molar-refractivity contribution is -0.123. The smallest absolute Gasteiger partial charge is 0.234 e. The predicted molar refractivity (Wildman–Crippen MR) is 87.2 cm³/mol. The van der Waals surface area contributed by atoms with Crippen molar-refractivity contribution >= 4 is 17.7 Å². The van der Waals surface area contributed by atoms with Crippen LogP contribution >= 0.6 is 11.8 Å². The summed E-state index contributed by atoms with van der Waals surface area (Å²) in [6.07, 6.45) is 8.95. The van der Waals surface area contributed by atoms with Gasteiger partial charge < -0.3 is 5.32 Å². The Bertz CT molecular complexity index is 303. The molecule has 0 bridgehead atoms. The van der Waals surface area contributed by atoms with E-state index in [1.165, 1.54) is 44.9 Å². The van der Waals surface area contributed by atoms with Crippen molar-refractivity contribution in [3.8, 4) is 0 Å². The lowest BCUT2D eigenvalue weighted by atomic mass is 9.97. The Kier molecular flexibility index (Phi) is 6.69. The molecule has 1 aliphatic heterocycles. The number of hydrogen-bond donors (Lipinski definition) is 1. The number of nitrogens with one attached hydrogen (secondary N) is 1. The van der Waals surface area contributed by atoms with Crippen molar-refractivity contribution in [2.45, 2.75) is 76.1 Å². The first-order chi connectivity index (χ1) is 9.66. The molecule has 1 N–H and O–H groups in total. The van der Waals surface area contributed by atoms with Gasteiger partial charge in [0.15, 0.2) is 0 Å². The molecular weight excluding hydrogens is 268 g/mol. The third kappa shape index (κ3) is 4.96. The molecule has 1 aliphatic carbocycles. The van der Waals surface area contributed by atoms with Gasteiger partial charge in [-0.25, -0.2) is 0 Å². The van der Waals surface area contributed by atoms with E-state index in [4.69, 9.17) is 0 Å². The summed E-state index contributed by atoms with van der Waals surface area (Å²) in [5.74, 6) is 1.39. The Morgan fingerprint density at radius 2 is 1.80 bits per heavy atom. The summed E-state index contributed by atoms with van der Waals surface area (Å²) in [7, 11) is 0. The number of nitrogens with zero attached hydrogens (tertiary/aromatic N) is 1. The number of amides is 1. The number of carbonyl (C=O) groups is 1. The van der Waals surface area contributed by atoms with Gasteiger partial charge in [0.1, 0.15) is 0 Å². The molecule has 1 saturated carbocycles. The molecular formula is C16H30N2OS. The molecule has 1 amide bonds. The maximum absolute atomic E-state index is 12.3. The van der Waals surface area contributed by atoms with Gasteiger partial charge >= 0.3 is 0 Å². The van der Waals surface area contributed by atoms with E-state index in [-0.39, 0.29) is 5.91 Å². The summed E-state index contributed by atoms with van der Waals surface area (Å²) in [5.41, 5.74) is 0. The molecule has 0 aromatic heterocycles.